The minimum Gasteiger partial charge on any atom is -0.324 e. The summed E-state index contributed by atoms with van der Waals surface area (Å²) in [5.74, 6) is 0.931. The average molecular weight is 323 g/mol. The molecule has 5 nitrogen and oxygen atoms in total. The van der Waals surface area contributed by atoms with Gasteiger partial charge in [0.25, 0.3) is 0 Å². The number of anilines is 1. The van der Waals surface area contributed by atoms with Crippen LogP contribution in [0.1, 0.15) is 13.8 Å². The van der Waals surface area contributed by atoms with Crippen molar-refractivity contribution in [2.45, 2.75) is 18.7 Å². The fourth-order valence-electron chi connectivity index (χ4n) is 1.52. The van der Waals surface area contributed by atoms with Crippen LogP contribution in [0.15, 0.2) is 37.1 Å². The topological polar surface area (TPSA) is 59.8 Å². The number of amides is 1. The van der Waals surface area contributed by atoms with Gasteiger partial charge in [0, 0.05) is 12.4 Å². The van der Waals surface area contributed by atoms with Crippen LogP contribution < -0.4 is 5.32 Å². The number of hydrogen-bond acceptors (Lipinski definition) is 3. The van der Waals surface area contributed by atoms with E-state index in [0.29, 0.717) is 5.69 Å². The molecule has 2 rings (SSSR count). The zero-order valence-electron chi connectivity index (χ0n) is 10.7. The monoisotopic (exact) mass is 322 g/mol. The van der Waals surface area contributed by atoms with E-state index in [9.17, 15) is 4.79 Å². The molecular weight excluding hydrogens is 308 g/mol. The van der Waals surface area contributed by atoms with Gasteiger partial charge in [-0.1, -0.05) is 29.8 Å². The second kappa shape index (κ2) is 5.97. The molecule has 1 unspecified atom stereocenters. The highest BCUT2D eigenvalue weighted by Crippen LogP contribution is 2.15. The Balaban J connectivity index is 2.05. The van der Waals surface area contributed by atoms with Gasteiger partial charge in [-0.15, -0.1) is 0 Å². The molecule has 2 aromatic heterocycles. The first-order valence-corrected chi connectivity index (χ1v) is 6.89. The van der Waals surface area contributed by atoms with E-state index < -0.39 is 0 Å². The van der Waals surface area contributed by atoms with E-state index in [2.05, 4.69) is 31.2 Å². The Kier molecular flexibility index (Phi) is 4.31. The van der Waals surface area contributed by atoms with Gasteiger partial charge >= 0.3 is 0 Å². The SMILES string of the molecule is CC(C)C(Br)C(=O)Nc1ccc(-n2ccnc2)nc1. The number of nitrogens with zero attached hydrogens (tertiary/aromatic N) is 3. The summed E-state index contributed by atoms with van der Waals surface area (Å²) in [5.41, 5.74) is 0.680. The molecule has 0 fully saturated rings. The highest BCUT2D eigenvalue weighted by atomic mass is 79.9. The largest absolute Gasteiger partial charge is 0.324 e. The summed E-state index contributed by atoms with van der Waals surface area (Å²) in [6.07, 6.45) is 6.81. The van der Waals surface area contributed by atoms with Crippen molar-refractivity contribution in [3.63, 3.8) is 0 Å². The van der Waals surface area contributed by atoms with Crippen LogP contribution in [0.4, 0.5) is 5.69 Å². The highest BCUT2D eigenvalue weighted by Gasteiger charge is 2.18. The van der Waals surface area contributed by atoms with Crippen LogP contribution in [0.2, 0.25) is 0 Å². The molecule has 0 aromatic carbocycles. The summed E-state index contributed by atoms with van der Waals surface area (Å²) >= 11 is 3.37. The molecule has 19 heavy (non-hydrogen) atoms. The van der Waals surface area contributed by atoms with Crippen molar-refractivity contribution in [2.24, 2.45) is 5.92 Å². The number of hydrogen-bond donors (Lipinski definition) is 1. The molecule has 0 aliphatic heterocycles. The quantitative estimate of drug-likeness (QED) is 0.880. The van der Waals surface area contributed by atoms with E-state index in [4.69, 9.17) is 0 Å². The predicted octanol–water partition coefficient (Wildman–Crippen LogP) is 2.63. The maximum Gasteiger partial charge on any atom is 0.238 e. The Bertz CT molecular complexity index is 536. The Hall–Kier alpha value is -1.69. The van der Waals surface area contributed by atoms with Crippen LogP contribution in [0.5, 0.6) is 0 Å². The molecule has 1 amide bonds. The predicted molar refractivity (Wildman–Crippen MR) is 77.5 cm³/mol. The molecule has 0 radical (unpaired) electrons. The third-order valence-corrected chi connectivity index (χ3v) is 4.09. The van der Waals surface area contributed by atoms with Gasteiger partial charge in [0.2, 0.25) is 5.91 Å². The third kappa shape index (κ3) is 3.41. The molecule has 0 saturated heterocycles. The van der Waals surface area contributed by atoms with Crippen molar-refractivity contribution in [3.8, 4) is 5.82 Å². The van der Waals surface area contributed by atoms with Crippen molar-refractivity contribution in [2.75, 3.05) is 5.32 Å². The second-order valence-corrected chi connectivity index (χ2v) is 5.50. The molecular formula is C13H15BrN4O. The number of imidazole rings is 1. The van der Waals surface area contributed by atoms with Crippen molar-refractivity contribution >= 4 is 27.5 Å². The average Bonchev–Trinajstić information content (AvgIpc) is 2.92. The highest BCUT2D eigenvalue weighted by molar-refractivity contribution is 9.10. The van der Waals surface area contributed by atoms with E-state index in [1.165, 1.54) is 0 Å². The van der Waals surface area contributed by atoms with E-state index in [1.807, 2.05) is 32.2 Å². The number of rotatable bonds is 4. The minimum atomic E-state index is -0.208. The Morgan fingerprint density at radius 1 is 1.42 bits per heavy atom. The number of alkyl halides is 1. The molecule has 0 aliphatic carbocycles. The Morgan fingerprint density at radius 3 is 2.74 bits per heavy atom. The van der Waals surface area contributed by atoms with E-state index in [0.717, 1.165) is 5.82 Å². The molecule has 2 aromatic rings. The summed E-state index contributed by atoms with van der Waals surface area (Å²) in [7, 11) is 0. The summed E-state index contributed by atoms with van der Waals surface area (Å²) in [4.78, 5) is 19.9. The van der Waals surface area contributed by atoms with E-state index >= 15 is 0 Å². The normalized spacial score (nSPS) is 12.4. The van der Waals surface area contributed by atoms with Gasteiger partial charge in [-0.2, -0.15) is 0 Å². The lowest BCUT2D eigenvalue weighted by Gasteiger charge is -2.13. The van der Waals surface area contributed by atoms with Crippen LogP contribution in [0.25, 0.3) is 5.82 Å². The van der Waals surface area contributed by atoms with Crippen LogP contribution >= 0.6 is 15.9 Å². The van der Waals surface area contributed by atoms with Crippen molar-refractivity contribution in [3.05, 3.63) is 37.1 Å². The number of aromatic nitrogens is 3. The van der Waals surface area contributed by atoms with Crippen LogP contribution in [0.3, 0.4) is 0 Å². The lowest BCUT2D eigenvalue weighted by molar-refractivity contribution is -0.116. The van der Waals surface area contributed by atoms with Gasteiger partial charge in [-0.3, -0.25) is 9.36 Å². The molecule has 1 N–H and O–H groups in total. The fraction of sp³-hybridized carbons (Fsp3) is 0.308. The van der Waals surface area contributed by atoms with Gasteiger partial charge in [0.1, 0.15) is 12.1 Å². The molecule has 0 bridgehead atoms. The molecule has 2 heterocycles. The van der Waals surface area contributed by atoms with Crippen LogP contribution in [0, 0.1) is 5.92 Å². The fourth-order valence-corrected chi connectivity index (χ4v) is 1.64. The maximum atomic E-state index is 11.9. The van der Waals surface area contributed by atoms with Gasteiger partial charge in [-0.25, -0.2) is 9.97 Å². The molecule has 6 heteroatoms. The van der Waals surface area contributed by atoms with Crippen molar-refractivity contribution in [1.82, 2.24) is 14.5 Å². The van der Waals surface area contributed by atoms with Gasteiger partial charge in [-0.05, 0) is 18.1 Å². The first kappa shape index (κ1) is 13.7. The zero-order chi connectivity index (χ0) is 13.8. The minimum absolute atomic E-state index is 0.0628. The van der Waals surface area contributed by atoms with Crippen molar-refractivity contribution < 1.29 is 4.79 Å². The van der Waals surface area contributed by atoms with Crippen LogP contribution in [-0.4, -0.2) is 25.3 Å². The first-order valence-electron chi connectivity index (χ1n) is 5.97. The van der Waals surface area contributed by atoms with Gasteiger partial charge in [0.15, 0.2) is 0 Å². The Labute approximate surface area is 120 Å². The molecule has 0 spiro atoms. The second-order valence-electron chi connectivity index (χ2n) is 4.51. The third-order valence-electron chi connectivity index (χ3n) is 2.62. The van der Waals surface area contributed by atoms with E-state index in [-0.39, 0.29) is 16.7 Å². The number of pyridine rings is 1. The lowest BCUT2D eigenvalue weighted by Crippen LogP contribution is -2.27. The standard InChI is InChI=1S/C13H15BrN4O/c1-9(2)12(14)13(19)17-10-3-4-11(16-7-10)18-6-5-15-8-18/h3-9,12H,1-2H3,(H,17,19). The van der Waals surface area contributed by atoms with Crippen LogP contribution in [-0.2, 0) is 4.79 Å². The Morgan fingerprint density at radius 2 is 2.21 bits per heavy atom. The molecule has 100 valence electrons. The lowest BCUT2D eigenvalue weighted by atomic mass is 10.1. The first-order chi connectivity index (χ1) is 9.08. The summed E-state index contributed by atoms with van der Waals surface area (Å²) in [6.45, 7) is 3.97. The summed E-state index contributed by atoms with van der Waals surface area (Å²) in [5, 5.41) is 2.82. The number of halogens is 1. The van der Waals surface area contributed by atoms with Gasteiger partial charge < -0.3 is 5.32 Å². The molecule has 0 saturated carbocycles. The maximum absolute atomic E-state index is 11.9. The number of carbonyl (C=O) groups is 1. The summed E-state index contributed by atoms with van der Waals surface area (Å²) < 4.78 is 1.80. The van der Waals surface area contributed by atoms with Gasteiger partial charge in [0.05, 0.1) is 16.7 Å². The number of carbonyl (C=O) groups excluding carboxylic acids is 1. The van der Waals surface area contributed by atoms with E-state index in [1.54, 1.807) is 23.3 Å². The number of nitrogens with one attached hydrogen (secondary N) is 1. The zero-order valence-corrected chi connectivity index (χ0v) is 12.3. The molecule has 0 aliphatic rings. The smallest absolute Gasteiger partial charge is 0.238 e. The summed E-state index contributed by atoms with van der Waals surface area (Å²) in [6, 6.07) is 3.65. The molecule has 1 atom stereocenters. The van der Waals surface area contributed by atoms with Crippen molar-refractivity contribution in [1.29, 1.82) is 0 Å².